The molecule has 3 atom stereocenters. The molecule has 9 nitrogen and oxygen atoms in total. The summed E-state index contributed by atoms with van der Waals surface area (Å²) in [4.78, 5) is 32.7. The highest BCUT2D eigenvalue weighted by molar-refractivity contribution is 7.85. The van der Waals surface area contributed by atoms with Gasteiger partial charge in [0.1, 0.15) is 12.0 Å². The number of piperidine rings is 1. The van der Waals surface area contributed by atoms with Crippen molar-refractivity contribution >= 4 is 33.1 Å². The maximum Gasteiger partial charge on any atom is 0.410 e. The molecule has 40 heavy (non-hydrogen) atoms. The van der Waals surface area contributed by atoms with E-state index in [1.807, 2.05) is 61.5 Å². The standard InChI is InChI=1S/C30H34N2O7S/c1-4-22-16-21-17-30(28(33)37-2,27(22)32(18-21)29(34)38-19-20-10-6-5-7-11-20)26-24(14-15-39-40(3,35)36)23-12-8-9-13-25(23)31-26/h5-13,16,21,27,31H,4,14-15,17-19H2,1-3H3/t21-,27+,30-/m0/s1. The van der Waals surface area contributed by atoms with Crippen LogP contribution in [0, 0.1) is 5.92 Å². The second kappa shape index (κ2) is 11.1. The van der Waals surface area contributed by atoms with Crippen molar-refractivity contribution in [1.82, 2.24) is 9.88 Å². The normalized spacial score (nSPS) is 22.3. The predicted octanol–water partition coefficient (Wildman–Crippen LogP) is 4.47. The molecule has 10 heteroatoms. The minimum Gasteiger partial charge on any atom is -0.468 e. The van der Waals surface area contributed by atoms with E-state index < -0.39 is 33.6 Å². The molecular weight excluding hydrogens is 532 g/mol. The van der Waals surface area contributed by atoms with Gasteiger partial charge in [0.2, 0.25) is 0 Å². The molecule has 212 valence electrons. The Labute approximate surface area is 234 Å². The number of ether oxygens (including phenoxy) is 2. The predicted molar refractivity (Wildman–Crippen MR) is 150 cm³/mol. The third kappa shape index (κ3) is 5.13. The molecule has 0 unspecified atom stereocenters. The number of methoxy groups -OCH3 is 1. The molecule has 2 aliphatic heterocycles. The summed E-state index contributed by atoms with van der Waals surface area (Å²) in [5.41, 5.74) is 2.77. The molecular formula is C30H34N2O7S. The summed E-state index contributed by atoms with van der Waals surface area (Å²) >= 11 is 0. The topological polar surface area (TPSA) is 115 Å². The number of fused-ring (bicyclic) bond motifs is 3. The summed E-state index contributed by atoms with van der Waals surface area (Å²) in [6.45, 7) is 2.46. The molecule has 2 bridgehead atoms. The summed E-state index contributed by atoms with van der Waals surface area (Å²) in [7, 11) is -2.30. The third-order valence-electron chi connectivity index (χ3n) is 7.90. The fourth-order valence-corrected chi connectivity index (χ4v) is 6.77. The van der Waals surface area contributed by atoms with Gasteiger partial charge in [-0.3, -0.25) is 13.9 Å². The smallest absolute Gasteiger partial charge is 0.410 e. The van der Waals surface area contributed by atoms with E-state index in [4.69, 9.17) is 13.7 Å². The van der Waals surface area contributed by atoms with Crippen molar-refractivity contribution in [3.05, 3.63) is 83.1 Å². The Hall–Kier alpha value is -3.63. The molecule has 1 aliphatic carbocycles. The van der Waals surface area contributed by atoms with Crippen molar-refractivity contribution in [2.45, 2.75) is 44.2 Å². The largest absolute Gasteiger partial charge is 0.468 e. The molecule has 2 aromatic carbocycles. The molecule has 1 amide bonds. The molecule has 6 rings (SSSR count). The Balaban J connectivity index is 1.60. The van der Waals surface area contributed by atoms with Crippen molar-refractivity contribution in [1.29, 1.82) is 0 Å². The van der Waals surface area contributed by atoms with E-state index in [-0.39, 0.29) is 25.6 Å². The molecule has 1 N–H and O–H groups in total. The van der Waals surface area contributed by atoms with Crippen molar-refractivity contribution in [3.63, 3.8) is 0 Å². The molecule has 0 spiro atoms. The number of H-pyrrole nitrogens is 1. The Morgan fingerprint density at radius 1 is 1.10 bits per heavy atom. The van der Waals surface area contributed by atoms with Crippen LogP contribution in [0.3, 0.4) is 0 Å². The number of aromatic nitrogens is 1. The second-order valence-corrected chi connectivity index (χ2v) is 12.1. The number of aromatic amines is 1. The summed E-state index contributed by atoms with van der Waals surface area (Å²) in [6, 6.07) is 16.4. The number of hydrogen-bond donors (Lipinski definition) is 1. The van der Waals surface area contributed by atoms with Crippen LogP contribution in [-0.2, 0) is 47.0 Å². The fourth-order valence-electron chi connectivity index (χ4n) is 6.38. The van der Waals surface area contributed by atoms with Crippen molar-refractivity contribution in [3.8, 4) is 0 Å². The maximum atomic E-state index is 14.0. The van der Waals surface area contributed by atoms with Crippen LogP contribution < -0.4 is 0 Å². The number of esters is 1. The van der Waals surface area contributed by atoms with Gasteiger partial charge in [0, 0.05) is 23.1 Å². The first-order valence-electron chi connectivity index (χ1n) is 13.4. The monoisotopic (exact) mass is 566 g/mol. The summed E-state index contributed by atoms with van der Waals surface area (Å²) in [5, 5.41) is 0.861. The lowest BCUT2D eigenvalue weighted by molar-refractivity contribution is -0.153. The molecule has 1 saturated heterocycles. The quantitative estimate of drug-likeness (QED) is 0.231. The Bertz CT molecular complexity index is 1550. The molecule has 0 saturated carbocycles. The highest BCUT2D eigenvalue weighted by atomic mass is 32.2. The van der Waals surface area contributed by atoms with E-state index in [2.05, 4.69) is 11.1 Å². The summed E-state index contributed by atoms with van der Waals surface area (Å²) in [5.74, 6) is -0.561. The van der Waals surface area contributed by atoms with E-state index in [0.717, 1.165) is 33.9 Å². The van der Waals surface area contributed by atoms with Crippen LogP contribution >= 0.6 is 0 Å². The van der Waals surface area contributed by atoms with E-state index in [1.165, 1.54) is 7.11 Å². The summed E-state index contributed by atoms with van der Waals surface area (Å²) < 4.78 is 39.8. The Morgan fingerprint density at radius 2 is 1.82 bits per heavy atom. The zero-order valence-electron chi connectivity index (χ0n) is 22.9. The number of amides is 1. The lowest BCUT2D eigenvalue weighted by atomic mass is 9.60. The van der Waals surface area contributed by atoms with Crippen LogP contribution in [0.4, 0.5) is 4.79 Å². The van der Waals surface area contributed by atoms with E-state index in [1.54, 1.807) is 4.90 Å². The van der Waals surface area contributed by atoms with Crippen molar-refractivity contribution in [2.24, 2.45) is 5.92 Å². The van der Waals surface area contributed by atoms with Gasteiger partial charge in [-0.15, -0.1) is 0 Å². The van der Waals surface area contributed by atoms with E-state index >= 15 is 0 Å². The molecule has 3 aromatic rings. The Kier molecular flexibility index (Phi) is 7.74. The van der Waals surface area contributed by atoms with E-state index in [9.17, 15) is 18.0 Å². The Morgan fingerprint density at radius 3 is 2.52 bits per heavy atom. The first-order chi connectivity index (χ1) is 19.2. The van der Waals surface area contributed by atoms with Gasteiger partial charge in [0.15, 0.2) is 0 Å². The minimum atomic E-state index is -3.66. The van der Waals surface area contributed by atoms with Gasteiger partial charge in [-0.25, -0.2) is 4.79 Å². The zero-order chi connectivity index (χ0) is 28.5. The first kappa shape index (κ1) is 27.9. The van der Waals surface area contributed by atoms with Gasteiger partial charge in [-0.2, -0.15) is 8.42 Å². The van der Waals surface area contributed by atoms with Crippen LogP contribution in [0.25, 0.3) is 10.9 Å². The van der Waals surface area contributed by atoms with Gasteiger partial charge < -0.3 is 14.5 Å². The first-order valence-corrected chi connectivity index (χ1v) is 15.2. The van der Waals surface area contributed by atoms with Gasteiger partial charge in [0.25, 0.3) is 10.1 Å². The van der Waals surface area contributed by atoms with Crippen molar-refractivity contribution in [2.75, 3.05) is 26.5 Å². The number of carbonyl (C=O) groups excluding carboxylic acids is 2. The number of rotatable bonds is 9. The molecule has 3 heterocycles. The van der Waals surface area contributed by atoms with Gasteiger partial charge in [-0.05, 0) is 42.4 Å². The maximum absolute atomic E-state index is 14.0. The van der Waals surface area contributed by atoms with Gasteiger partial charge >= 0.3 is 12.1 Å². The number of nitrogens with one attached hydrogen (secondary N) is 1. The molecule has 1 aromatic heterocycles. The third-order valence-corrected chi connectivity index (χ3v) is 8.50. The lowest BCUT2D eigenvalue weighted by Crippen LogP contribution is -2.66. The highest BCUT2D eigenvalue weighted by Crippen LogP contribution is 2.51. The number of benzene rings is 2. The lowest BCUT2D eigenvalue weighted by Gasteiger charge is -2.54. The highest BCUT2D eigenvalue weighted by Gasteiger charge is 2.61. The second-order valence-electron chi connectivity index (χ2n) is 10.4. The van der Waals surface area contributed by atoms with Crippen molar-refractivity contribution < 1.29 is 31.7 Å². The SMILES string of the molecule is CCC1=C[C@@H]2CN(C(=O)OCc3ccccc3)[C@H]1[C@@](C(=O)OC)(c1[nH]c3ccccc3c1CCOS(C)(=O)=O)C2. The fraction of sp³-hybridized carbons (Fsp3) is 0.400. The minimum absolute atomic E-state index is 0.0850. The van der Waals surface area contributed by atoms with Gasteiger partial charge in [-0.1, -0.05) is 67.1 Å². The number of hydrogen-bond acceptors (Lipinski definition) is 7. The van der Waals surface area contributed by atoms with Crippen LogP contribution in [0.15, 0.2) is 66.2 Å². The van der Waals surface area contributed by atoms with E-state index in [0.29, 0.717) is 25.1 Å². The average Bonchev–Trinajstić information content (AvgIpc) is 3.33. The number of para-hydroxylation sites is 1. The number of carbonyl (C=O) groups is 2. The van der Waals surface area contributed by atoms with Crippen LogP contribution in [0.2, 0.25) is 0 Å². The molecule has 0 radical (unpaired) electrons. The van der Waals surface area contributed by atoms with Gasteiger partial charge in [0.05, 0.1) is 26.0 Å². The van der Waals surface area contributed by atoms with Crippen LogP contribution in [0.5, 0.6) is 0 Å². The summed E-state index contributed by atoms with van der Waals surface area (Å²) in [6.07, 6.45) is 3.99. The van der Waals surface area contributed by atoms with Crippen LogP contribution in [-0.4, -0.2) is 62.9 Å². The molecule has 1 fully saturated rings. The average molecular weight is 567 g/mol. The number of nitrogens with zero attached hydrogens (tertiary/aromatic N) is 1. The van der Waals surface area contributed by atoms with Crippen LogP contribution in [0.1, 0.15) is 36.6 Å². The zero-order valence-corrected chi connectivity index (χ0v) is 23.7. The molecule has 3 aliphatic rings.